The van der Waals surface area contributed by atoms with E-state index in [9.17, 15) is 18.4 Å². The highest BCUT2D eigenvalue weighted by molar-refractivity contribution is 7.10. The summed E-state index contributed by atoms with van der Waals surface area (Å²) < 4.78 is 32.2. The minimum atomic E-state index is -1.04. The van der Waals surface area contributed by atoms with Gasteiger partial charge in [0.25, 0.3) is 0 Å². The highest BCUT2D eigenvalue weighted by Crippen LogP contribution is 2.36. The van der Waals surface area contributed by atoms with Gasteiger partial charge in [-0.15, -0.1) is 11.3 Å². The van der Waals surface area contributed by atoms with Gasteiger partial charge in [0.15, 0.2) is 0 Å². The molecule has 3 rings (SSSR count). The van der Waals surface area contributed by atoms with Crippen molar-refractivity contribution in [1.82, 2.24) is 5.32 Å². The second-order valence-electron chi connectivity index (χ2n) is 6.13. The highest BCUT2D eigenvalue weighted by atomic mass is 32.1. The second-order valence-corrected chi connectivity index (χ2v) is 7.08. The molecule has 0 radical (unpaired) electrons. The maximum absolute atomic E-state index is 13.6. The molecule has 0 spiro atoms. The zero-order chi connectivity index (χ0) is 18.6. The SMILES string of the molecule is O=C(NCC1(c2cccs2)CCOCC1)C(=O)Nc1cc(F)ccc1F. The quantitative estimate of drug-likeness (QED) is 0.802. The summed E-state index contributed by atoms with van der Waals surface area (Å²) in [6.07, 6.45) is 1.46. The molecule has 1 aliphatic heterocycles. The zero-order valence-electron chi connectivity index (χ0n) is 13.9. The molecular weight excluding hydrogens is 362 g/mol. The largest absolute Gasteiger partial charge is 0.381 e. The van der Waals surface area contributed by atoms with E-state index in [2.05, 4.69) is 10.6 Å². The van der Waals surface area contributed by atoms with Crippen LogP contribution in [0, 0.1) is 11.6 Å². The van der Waals surface area contributed by atoms with E-state index in [4.69, 9.17) is 4.74 Å². The third kappa shape index (κ3) is 4.08. The number of thiophene rings is 1. The standard InChI is InChI=1S/C18H18F2N2O3S/c19-12-3-4-13(20)14(10-12)22-17(24)16(23)21-11-18(5-7-25-8-6-18)15-2-1-9-26-15/h1-4,9-10H,5-8,11H2,(H,21,23)(H,22,24). The fourth-order valence-corrected chi connectivity index (χ4v) is 3.94. The van der Waals surface area contributed by atoms with E-state index in [1.54, 1.807) is 11.3 Å². The summed E-state index contributed by atoms with van der Waals surface area (Å²) in [6, 6.07) is 6.59. The van der Waals surface area contributed by atoms with Gasteiger partial charge < -0.3 is 15.4 Å². The van der Waals surface area contributed by atoms with Gasteiger partial charge >= 0.3 is 11.8 Å². The van der Waals surface area contributed by atoms with Crippen molar-refractivity contribution in [2.24, 2.45) is 0 Å². The lowest BCUT2D eigenvalue weighted by Gasteiger charge is -2.36. The number of rotatable bonds is 4. The summed E-state index contributed by atoms with van der Waals surface area (Å²) in [6.45, 7) is 1.43. The first-order chi connectivity index (χ1) is 12.5. The second kappa shape index (κ2) is 7.92. The fraction of sp³-hybridized carbons (Fsp3) is 0.333. The molecule has 1 aromatic heterocycles. The number of amides is 2. The molecule has 138 valence electrons. The Hall–Kier alpha value is -2.32. The monoisotopic (exact) mass is 380 g/mol. The minimum absolute atomic E-state index is 0.273. The number of halogens is 2. The summed E-state index contributed by atoms with van der Waals surface area (Å²) in [7, 11) is 0. The maximum Gasteiger partial charge on any atom is 0.313 e. The summed E-state index contributed by atoms with van der Waals surface area (Å²) >= 11 is 1.60. The molecule has 2 aromatic rings. The first kappa shape index (κ1) is 18.5. The lowest BCUT2D eigenvalue weighted by Crippen LogP contribution is -2.46. The van der Waals surface area contributed by atoms with E-state index in [-0.39, 0.29) is 17.6 Å². The van der Waals surface area contributed by atoms with Crippen molar-refractivity contribution in [2.75, 3.05) is 25.1 Å². The maximum atomic E-state index is 13.6. The Kier molecular flexibility index (Phi) is 5.63. The van der Waals surface area contributed by atoms with Crippen molar-refractivity contribution in [3.05, 3.63) is 52.2 Å². The zero-order valence-corrected chi connectivity index (χ0v) is 14.7. The van der Waals surface area contributed by atoms with E-state index < -0.39 is 23.4 Å². The van der Waals surface area contributed by atoms with Crippen LogP contribution in [0.4, 0.5) is 14.5 Å². The smallest absolute Gasteiger partial charge is 0.313 e. The van der Waals surface area contributed by atoms with E-state index >= 15 is 0 Å². The van der Waals surface area contributed by atoms with Gasteiger partial charge in [-0.1, -0.05) is 6.07 Å². The van der Waals surface area contributed by atoms with Crippen molar-refractivity contribution < 1.29 is 23.1 Å². The summed E-state index contributed by atoms with van der Waals surface area (Å²) in [5.41, 5.74) is -0.656. The third-order valence-electron chi connectivity index (χ3n) is 4.46. The molecular formula is C18H18F2N2O3S. The van der Waals surface area contributed by atoms with E-state index in [1.165, 1.54) is 0 Å². The Labute approximate surface area is 153 Å². The molecule has 1 fully saturated rings. The van der Waals surface area contributed by atoms with Crippen LogP contribution >= 0.6 is 11.3 Å². The summed E-state index contributed by atoms with van der Waals surface area (Å²) in [5.74, 6) is -3.45. The van der Waals surface area contributed by atoms with E-state index in [1.807, 2.05) is 17.5 Å². The van der Waals surface area contributed by atoms with Crippen LogP contribution in [0.25, 0.3) is 0 Å². The molecule has 2 heterocycles. The number of hydrogen-bond acceptors (Lipinski definition) is 4. The number of carbonyl (C=O) groups is 2. The average Bonchev–Trinajstić information content (AvgIpc) is 3.19. The van der Waals surface area contributed by atoms with Crippen molar-refractivity contribution in [2.45, 2.75) is 18.3 Å². The van der Waals surface area contributed by atoms with Gasteiger partial charge in [0.2, 0.25) is 0 Å². The minimum Gasteiger partial charge on any atom is -0.381 e. The Bertz CT molecular complexity index is 790. The molecule has 0 saturated carbocycles. The van der Waals surface area contributed by atoms with Gasteiger partial charge in [-0.2, -0.15) is 0 Å². The average molecular weight is 380 g/mol. The van der Waals surface area contributed by atoms with Gasteiger partial charge in [-0.25, -0.2) is 8.78 Å². The molecule has 0 bridgehead atoms. The first-order valence-electron chi connectivity index (χ1n) is 8.16. The van der Waals surface area contributed by atoms with Crippen LogP contribution in [-0.4, -0.2) is 31.6 Å². The van der Waals surface area contributed by atoms with Gasteiger partial charge in [0, 0.05) is 36.1 Å². The van der Waals surface area contributed by atoms with Gasteiger partial charge in [0.05, 0.1) is 5.69 Å². The summed E-state index contributed by atoms with van der Waals surface area (Å²) in [4.78, 5) is 25.3. The first-order valence-corrected chi connectivity index (χ1v) is 9.04. The lowest BCUT2D eigenvalue weighted by atomic mass is 9.78. The Balaban J connectivity index is 1.65. The molecule has 1 aromatic carbocycles. The molecule has 1 saturated heterocycles. The predicted molar refractivity (Wildman–Crippen MR) is 94.0 cm³/mol. The van der Waals surface area contributed by atoms with Gasteiger partial charge in [0.1, 0.15) is 11.6 Å². The Morgan fingerprint density at radius 1 is 1.15 bits per heavy atom. The molecule has 0 atom stereocenters. The van der Waals surface area contributed by atoms with Crippen LogP contribution in [0.2, 0.25) is 0 Å². The van der Waals surface area contributed by atoms with Crippen molar-refractivity contribution in [3.63, 3.8) is 0 Å². The van der Waals surface area contributed by atoms with Crippen LogP contribution < -0.4 is 10.6 Å². The van der Waals surface area contributed by atoms with Gasteiger partial charge in [-0.3, -0.25) is 9.59 Å². The molecule has 2 amide bonds. The van der Waals surface area contributed by atoms with Crippen LogP contribution in [0.1, 0.15) is 17.7 Å². The molecule has 8 heteroatoms. The molecule has 0 aliphatic carbocycles. The van der Waals surface area contributed by atoms with Crippen molar-refractivity contribution in [1.29, 1.82) is 0 Å². The fourth-order valence-electron chi connectivity index (χ4n) is 2.95. The normalized spacial score (nSPS) is 16.1. The number of ether oxygens (including phenoxy) is 1. The Morgan fingerprint density at radius 3 is 2.62 bits per heavy atom. The van der Waals surface area contributed by atoms with Crippen LogP contribution in [0.3, 0.4) is 0 Å². The van der Waals surface area contributed by atoms with Crippen LogP contribution in [0.5, 0.6) is 0 Å². The van der Waals surface area contributed by atoms with Crippen LogP contribution in [0.15, 0.2) is 35.7 Å². The van der Waals surface area contributed by atoms with E-state index in [0.717, 1.165) is 35.9 Å². The highest BCUT2D eigenvalue weighted by Gasteiger charge is 2.36. The summed E-state index contributed by atoms with van der Waals surface area (Å²) in [5, 5.41) is 6.68. The molecule has 2 N–H and O–H groups in total. The molecule has 26 heavy (non-hydrogen) atoms. The molecule has 5 nitrogen and oxygen atoms in total. The molecule has 0 unspecified atom stereocenters. The van der Waals surface area contributed by atoms with E-state index in [0.29, 0.717) is 13.2 Å². The molecule has 1 aliphatic rings. The number of hydrogen-bond donors (Lipinski definition) is 2. The van der Waals surface area contributed by atoms with Crippen LogP contribution in [-0.2, 0) is 19.7 Å². The number of benzene rings is 1. The van der Waals surface area contributed by atoms with Crippen molar-refractivity contribution >= 4 is 28.8 Å². The van der Waals surface area contributed by atoms with Gasteiger partial charge in [-0.05, 0) is 36.4 Å². The number of nitrogens with one attached hydrogen (secondary N) is 2. The number of anilines is 1. The third-order valence-corrected chi connectivity index (χ3v) is 5.58. The number of carbonyl (C=O) groups excluding carboxylic acids is 2. The topological polar surface area (TPSA) is 67.4 Å². The predicted octanol–water partition coefficient (Wildman–Crippen LogP) is 2.83. The van der Waals surface area contributed by atoms with Crippen molar-refractivity contribution in [3.8, 4) is 0 Å². The Morgan fingerprint density at radius 2 is 1.92 bits per heavy atom. The lowest BCUT2D eigenvalue weighted by molar-refractivity contribution is -0.136.